The second-order valence-electron chi connectivity index (χ2n) is 9.54. The Balaban J connectivity index is 1.49. The van der Waals surface area contributed by atoms with Crippen LogP contribution in [0.2, 0.25) is 0 Å². The molecule has 0 aromatic heterocycles. The lowest BCUT2D eigenvalue weighted by atomic mass is 9.63. The second-order valence-corrected chi connectivity index (χ2v) is 9.54. The SMILES string of the molecule is CCCCCC1CCC2CC(c3ccc4cc(C(=O)O)cc(F)c4c3F)CCC2C1. The van der Waals surface area contributed by atoms with Gasteiger partial charge in [-0.15, -0.1) is 0 Å². The number of rotatable bonds is 6. The van der Waals surface area contributed by atoms with Gasteiger partial charge in [-0.25, -0.2) is 13.6 Å². The number of hydrogen-bond donors (Lipinski definition) is 1. The summed E-state index contributed by atoms with van der Waals surface area (Å²) in [7, 11) is 0. The number of halogens is 2. The smallest absolute Gasteiger partial charge is 0.335 e. The molecule has 1 N–H and O–H groups in total. The van der Waals surface area contributed by atoms with E-state index in [-0.39, 0.29) is 16.9 Å². The number of unbranched alkanes of at least 4 members (excludes halogenated alkanes) is 2. The molecule has 0 radical (unpaired) electrons. The van der Waals surface area contributed by atoms with Crippen LogP contribution < -0.4 is 0 Å². The van der Waals surface area contributed by atoms with Gasteiger partial charge in [0.15, 0.2) is 0 Å². The van der Waals surface area contributed by atoms with Crippen molar-refractivity contribution in [3.8, 4) is 0 Å². The van der Waals surface area contributed by atoms with E-state index in [0.29, 0.717) is 16.9 Å². The fraction of sp³-hybridized carbons (Fsp3) is 0.577. The standard InChI is InChI=1S/C26H32F2O2/c1-2-3-4-5-16-6-7-18-13-19(9-8-17(18)12-16)22-11-10-20-14-21(26(29)30)15-23(27)24(20)25(22)28/h10-11,14-19H,2-9,12-13H2,1H3,(H,29,30). The summed E-state index contributed by atoms with van der Waals surface area (Å²) in [6.45, 7) is 2.25. The molecular formula is C26H32F2O2. The van der Waals surface area contributed by atoms with Crippen molar-refractivity contribution in [1.82, 2.24) is 0 Å². The normalized spacial score (nSPS) is 26.5. The number of carbonyl (C=O) groups is 1. The molecule has 0 aliphatic heterocycles. The largest absolute Gasteiger partial charge is 0.478 e. The highest BCUT2D eigenvalue weighted by molar-refractivity contribution is 5.95. The summed E-state index contributed by atoms with van der Waals surface area (Å²) in [6.07, 6.45) is 12.3. The molecule has 0 spiro atoms. The summed E-state index contributed by atoms with van der Waals surface area (Å²) in [5.41, 5.74) is 0.455. The molecule has 2 aliphatic rings. The molecule has 4 unspecified atom stereocenters. The predicted octanol–water partition coefficient (Wildman–Crippen LogP) is 7.70. The van der Waals surface area contributed by atoms with Crippen molar-refractivity contribution in [3.05, 3.63) is 47.0 Å². The van der Waals surface area contributed by atoms with Gasteiger partial charge in [-0.05, 0) is 78.9 Å². The predicted molar refractivity (Wildman–Crippen MR) is 116 cm³/mol. The highest BCUT2D eigenvalue weighted by Gasteiger charge is 2.36. The average molecular weight is 415 g/mol. The Morgan fingerprint density at radius 1 is 1.03 bits per heavy atom. The van der Waals surface area contributed by atoms with Crippen molar-refractivity contribution < 1.29 is 18.7 Å². The molecule has 2 fully saturated rings. The summed E-state index contributed by atoms with van der Waals surface area (Å²) in [6, 6.07) is 5.71. The number of carboxylic acid groups (broad SMARTS) is 1. The second kappa shape index (κ2) is 9.03. The molecule has 4 rings (SSSR count). The quantitative estimate of drug-likeness (QED) is 0.492. The molecule has 2 nitrogen and oxygen atoms in total. The van der Waals surface area contributed by atoms with E-state index in [1.54, 1.807) is 12.1 Å². The van der Waals surface area contributed by atoms with Crippen molar-refractivity contribution >= 4 is 16.7 Å². The van der Waals surface area contributed by atoms with Crippen LogP contribution in [0.5, 0.6) is 0 Å². The van der Waals surface area contributed by atoms with Crippen LogP contribution >= 0.6 is 0 Å². The van der Waals surface area contributed by atoms with Crippen molar-refractivity contribution in [3.63, 3.8) is 0 Å². The van der Waals surface area contributed by atoms with Crippen LogP contribution in [0.3, 0.4) is 0 Å². The Kier molecular flexibility index (Phi) is 6.40. The fourth-order valence-corrected chi connectivity index (χ4v) is 6.04. The first kappa shape index (κ1) is 21.3. The molecular weight excluding hydrogens is 382 g/mol. The molecule has 2 aromatic rings. The van der Waals surface area contributed by atoms with Crippen molar-refractivity contribution in [1.29, 1.82) is 0 Å². The molecule has 2 aromatic carbocycles. The summed E-state index contributed by atoms with van der Waals surface area (Å²) >= 11 is 0. The van der Waals surface area contributed by atoms with Crippen LogP contribution in [0, 0.1) is 29.4 Å². The lowest BCUT2D eigenvalue weighted by molar-refractivity contribution is 0.0696. The van der Waals surface area contributed by atoms with E-state index in [9.17, 15) is 9.18 Å². The topological polar surface area (TPSA) is 37.3 Å². The first-order valence-electron chi connectivity index (χ1n) is 11.6. The van der Waals surface area contributed by atoms with Crippen molar-refractivity contribution in [2.75, 3.05) is 0 Å². The van der Waals surface area contributed by atoms with Gasteiger partial charge in [0.2, 0.25) is 0 Å². The molecule has 0 heterocycles. The maximum absolute atomic E-state index is 15.3. The highest BCUT2D eigenvalue weighted by Crippen LogP contribution is 2.49. The lowest BCUT2D eigenvalue weighted by Crippen LogP contribution is -2.30. The van der Waals surface area contributed by atoms with Crippen LogP contribution in [-0.2, 0) is 0 Å². The first-order valence-corrected chi connectivity index (χ1v) is 11.6. The number of aromatic carboxylic acids is 1. The molecule has 4 atom stereocenters. The number of fused-ring (bicyclic) bond motifs is 2. The van der Waals surface area contributed by atoms with Gasteiger partial charge in [0.25, 0.3) is 0 Å². The van der Waals surface area contributed by atoms with E-state index in [1.807, 2.05) is 0 Å². The first-order chi connectivity index (χ1) is 14.5. The van der Waals surface area contributed by atoms with Crippen LogP contribution in [0.1, 0.15) is 93.0 Å². The van der Waals surface area contributed by atoms with Crippen LogP contribution in [0.15, 0.2) is 24.3 Å². The Morgan fingerprint density at radius 3 is 2.57 bits per heavy atom. The van der Waals surface area contributed by atoms with E-state index < -0.39 is 17.6 Å². The van der Waals surface area contributed by atoms with Gasteiger partial charge < -0.3 is 5.11 Å². The van der Waals surface area contributed by atoms with Gasteiger partial charge in [0.1, 0.15) is 11.6 Å². The van der Waals surface area contributed by atoms with Crippen LogP contribution in [0.25, 0.3) is 10.8 Å². The fourth-order valence-electron chi connectivity index (χ4n) is 6.04. The van der Waals surface area contributed by atoms with E-state index >= 15 is 4.39 Å². The third-order valence-corrected chi connectivity index (χ3v) is 7.66. The minimum Gasteiger partial charge on any atom is -0.478 e. The Bertz CT molecular complexity index is 923. The minimum atomic E-state index is -1.20. The third kappa shape index (κ3) is 4.24. The molecule has 0 bridgehead atoms. The molecule has 30 heavy (non-hydrogen) atoms. The molecule has 2 aliphatic carbocycles. The zero-order valence-electron chi connectivity index (χ0n) is 17.8. The van der Waals surface area contributed by atoms with Gasteiger partial charge in [0.05, 0.1) is 10.9 Å². The monoisotopic (exact) mass is 414 g/mol. The maximum Gasteiger partial charge on any atom is 0.335 e. The summed E-state index contributed by atoms with van der Waals surface area (Å²) < 4.78 is 29.9. The maximum atomic E-state index is 15.3. The van der Waals surface area contributed by atoms with Crippen molar-refractivity contribution in [2.24, 2.45) is 17.8 Å². The van der Waals surface area contributed by atoms with E-state index in [1.165, 1.54) is 51.0 Å². The van der Waals surface area contributed by atoms with E-state index in [0.717, 1.165) is 37.2 Å². The lowest BCUT2D eigenvalue weighted by Gasteiger charge is -2.42. The number of hydrogen-bond acceptors (Lipinski definition) is 1. The van der Waals surface area contributed by atoms with Crippen LogP contribution in [-0.4, -0.2) is 11.1 Å². The summed E-state index contributed by atoms with van der Waals surface area (Å²) in [4.78, 5) is 11.2. The van der Waals surface area contributed by atoms with Gasteiger partial charge in [-0.2, -0.15) is 0 Å². The number of benzene rings is 2. The van der Waals surface area contributed by atoms with Gasteiger partial charge in [-0.1, -0.05) is 51.2 Å². The molecule has 162 valence electrons. The van der Waals surface area contributed by atoms with Crippen molar-refractivity contribution in [2.45, 2.75) is 77.0 Å². The minimum absolute atomic E-state index is 0.0701. The Labute approximate surface area is 177 Å². The van der Waals surface area contributed by atoms with E-state index in [4.69, 9.17) is 5.11 Å². The highest BCUT2D eigenvalue weighted by atomic mass is 19.1. The average Bonchev–Trinajstić information content (AvgIpc) is 2.73. The molecule has 2 saturated carbocycles. The summed E-state index contributed by atoms with van der Waals surface area (Å²) in [5.74, 6) is -0.0799. The number of carboxylic acids is 1. The Hall–Kier alpha value is -1.97. The molecule has 0 saturated heterocycles. The third-order valence-electron chi connectivity index (χ3n) is 7.66. The van der Waals surface area contributed by atoms with Gasteiger partial charge in [0, 0.05) is 0 Å². The zero-order valence-corrected chi connectivity index (χ0v) is 17.8. The summed E-state index contributed by atoms with van der Waals surface area (Å²) in [5, 5.41) is 9.37. The van der Waals surface area contributed by atoms with Gasteiger partial charge >= 0.3 is 5.97 Å². The van der Waals surface area contributed by atoms with Gasteiger partial charge in [-0.3, -0.25) is 0 Å². The zero-order chi connectivity index (χ0) is 21.3. The Morgan fingerprint density at radius 2 is 1.80 bits per heavy atom. The molecule has 0 amide bonds. The van der Waals surface area contributed by atoms with E-state index in [2.05, 4.69) is 6.92 Å². The van der Waals surface area contributed by atoms with Crippen LogP contribution in [0.4, 0.5) is 8.78 Å². The molecule has 4 heteroatoms.